The maximum Gasteiger partial charge on any atom is 0.325 e. The summed E-state index contributed by atoms with van der Waals surface area (Å²) < 4.78 is 17.3. The van der Waals surface area contributed by atoms with Gasteiger partial charge in [0, 0.05) is 29.2 Å². The second-order valence-electron chi connectivity index (χ2n) is 7.88. The van der Waals surface area contributed by atoms with E-state index < -0.39 is 18.3 Å². The molecule has 3 rings (SSSR count). The lowest BCUT2D eigenvalue weighted by molar-refractivity contribution is -0.245. The van der Waals surface area contributed by atoms with Crippen LogP contribution in [0.5, 0.6) is 0 Å². The molecule has 1 heterocycles. The van der Waals surface area contributed by atoms with Crippen molar-refractivity contribution in [3.63, 3.8) is 0 Å². The van der Waals surface area contributed by atoms with E-state index in [-0.39, 0.29) is 38.6 Å². The number of hydrogen-bond donors (Lipinski definition) is 4. The topological polar surface area (TPSA) is 126 Å². The fraction of sp³-hybridized carbons (Fsp3) is 0.440. The number of anilines is 1. The van der Waals surface area contributed by atoms with Crippen LogP contribution >= 0.6 is 11.8 Å². The Morgan fingerprint density at radius 3 is 2.43 bits per heavy atom. The number of esters is 1. The van der Waals surface area contributed by atoms with Crippen molar-refractivity contribution < 1.29 is 34.0 Å². The van der Waals surface area contributed by atoms with Crippen LogP contribution in [0.15, 0.2) is 48.5 Å². The molecular formula is C25H32N2O7S. The van der Waals surface area contributed by atoms with Gasteiger partial charge in [-0.05, 0) is 30.2 Å². The monoisotopic (exact) mass is 504 g/mol. The highest BCUT2D eigenvalue weighted by Crippen LogP contribution is 2.39. The van der Waals surface area contributed by atoms with E-state index in [0.717, 1.165) is 22.4 Å². The molecule has 190 valence electrons. The number of urea groups is 1. The van der Waals surface area contributed by atoms with Crippen LogP contribution in [0.25, 0.3) is 0 Å². The average molecular weight is 505 g/mol. The quantitative estimate of drug-likeness (QED) is 0.272. The predicted molar refractivity (Wildman–Crippen MR) is 133 cm³/mol. The number of nitrogens with one attached hydrogen (secondary N) is 2. The maximum atomic E-state index is 12.0. The first-order valence-electron chi connectivity index (χ1n) is 11.5. The molecule has 0 unspecified atom stereocenters. The molecule has 0 spiro atoms. The van der Waals surface area contributed by atoms with E-state index in [4.69, 9.17) is 19.3 Å². The van der Waals surface area contributed by atoms with Crippen LogP contribution in [0.4, 0.5) is 10.5 Å². The van der Waals surface area contributed by atoms with Crippen molar-refractivity contribution in [2.45, 2.75) is 38.4 Å². The van der Waals surface area contributed by atoms with E-state index in [0.29, 0.717) is 17.9 Å². The molecule has 1 fully saturated rings. The summed E-state index contributed by atoms with van der Waals surface area (Å²) in [6, 6.07) is 14.3. The molecule has 1 aliphatic heterocycles. The lowest BCUT2D eigenvalue weighted by Gasteiger charge is -2.36. The summed E-state index contributed by atoms with van der Waals surface area (Å²) in [7, 11) is 0. The lowest BCUT2D eigenvalue weighted by Crippen LogP contribution is -2.34. The Hall–Kier alpha value is -2.63. The molecule has 0 aliphatic carbocycles. The number of thioether (sulfide) groups is 1. The summed E-state index contributed by atoms with van der Waals surface area (Å²) in [6.07, 6.45) is -0.183. The Morgan fingerprint density at radius 1 is 1.06 bits per heavy atom. The lowest BCUT2D eigenvalue weighted by atomic mass is 10.0. The second kappa shape index (κ2) is 14.1. The van der Waals surface area contributed by atoms with Gasteiger partial charge in [0.1, 0.15) is 6.54 Å². The predicted octanol–water partition coefficient (Wildman–Crippen LogP) is 3.13. The van der Waals surface area contributed by atoms with Gasteiger partial charge in [0.05, 0.1) is 32.0 Å². The molecule has 35 heavy (non-hydrogen) atoms. The number of benzene rings is 2. The van der Waals surface area contributed by atoms with Crippen LogP contribution in [-0.4, -0.2) is 59.6 Å². The Bertz CT molecular complexity index is 940. The number of aliphatic hydroxyl groups excluding tert-OH is 2. The summed E-state index contributed by atoms with van der Waals surface area (Å²) >= 11 is 1.63. The van der Waals surface area contributed by atoms with Gasteiger partial charge in [-0.1, -0.05) is 36.4 Å². The van der Waals surface area contributed by atoms with E-state index >= 15 is 0 Å². The Kier molecular flexibility index (Phi) is 10.8. The van der Waals surface area contributed by atoms with Crippen molar-refractivity contribution in [2.75, 3.05) is 36.6 Å². The van der Waals surface area contributed by atoms with Gasteiger partial charge in [0.25, 0.3) is 0 Å². The van der Waals surface area contributed by atoms with Crippen molar-refractivity contribution in [3.05, 3.63) is 65.2 Å². The van der Waals surface area contributed by atoms with E-state index in [2.05, 4.69) is 10.6 Å². The third-order valence-corrected chi connectivity index (χ3v) is 6.37. The summed E-state index contributed by atoms with van der Waals surface area (Å²) in [6.45, 7) is 1.84. The SMILES string of the molecule is CCOC(=O)CNC(=O)Nc1ccc([C@H]2O[C@@H](CSCCO)C[C@@H](c3ccc(CO)cc3)O2)cc1. The average Bonchev–Trinajstić information content (AvgIpc) is 2.88. The van der Waals surface area contributed by atoms with Gasteiger partial charge in [-0.2, -0.15) is 11.8 Å². The molecule has 0 bridgehead atoms. The fourth-order valence-electron chi connectivity index (χ4n) is 3.57. The molecule has 1 saturated heterocycles. The third-order valence-electron chi connectivity index (χ3n) is 5.29. The van der Waals surface area contributed by atoms with Crippen LogP contribution in [-0.2, 0) is 25.6 Å². The zero-order valence-electron chi connectivity index (χ0n) is 19.6. The first-order valence-corrected chi connectivity index (χ1v) is 12.7. The fourth-order valence-corrected chi connectivity index (χ4v) is 4.34. The molecule has 2 aromatic carbocycles. The van der Waals surface area contributed by atoms with Gasteiger partial charge in [0.15, 0.2) is 6.29 Å². The number of carbonyl (C=O) groups excluding carboxylic acids is 2. The molecule has 2 aromatic rings. The molecule has 0 radical (unpaired) electrons. The molecule has 10 heteroatoms. The number of carbonyl (C=O) groups is 2. The minimum absolute atomic E-state index is 0.0147. The van der Waals surface area contributed by atoms with Crippen LogP contribution < -0.4 is 10.6 Å². The Morgan fingerprint density at radius 2 is 1.77 bits per heavy atom. The van der Waals surface area contributed by atoms with E-state index in [1.165, 1.54) is 0 Å². The summed E-state index contributed by atoms with van der Waals surface area (Å²) in [4.78, 5) is 23.4. The molecule has 0 saturated carbocycles. The van der Waals surface area contributed by atoms with Crippen LogP contribution in [0.1, 0.15) is 42.4 Å². The largest absolute Gasteiger partial charge is 0.465 e. The van der Waals surface area contributed by atoms with Crippen molar-refractivity contribution in [1.29, 1.82) is 0 Å². The number of amides is 2. The highest BCUT2D eigenvalue weighted by Gasteiger charge is 2.32. The molecule has 4 N–H and O–H groups in total. The van der Waals surface area contributed by atoms with Gasteiger partial charge in [-0.15, -0.1) is 0 Å². The molecule has 9 nitrogen and oxygen atoms in total. The summed E-state index contributed by atoms with van der Waals surface area (Å²) in [5.41, 5.74) is 3.19. The Labute approximate surface area is 209 Å². The molecule has 2 amide bonds. The highest BCUT2D eigenvalue weighted by molar-refractivity contribution is 7.99. The minimum Gasteiger partial charge on any atom is -0.465 e. The van der Waals surface area contributed by atoms with Crippen LogP contribution in [0.3, 0.4) is 0 Å². The van der Waals surface area contributed by atoms with Gasteiger partial charge in [0.2, 0.25) is 0 Å². The van der Waals surface area contributed by atoms with Crippen molar-refractivity contribution in [3.8, 4) is 0 Å². The zero-order valence-corrected chi connectivity index (χ0v) is 20.5. The second-order valence-corrected chi connectivity index (χ2v) is 9.03. The Balaban J connectivity index is 1.65. The van der Waals surface area contributed by atoms with Crippen LogP contribution in [0.2, 0.25) is 0 Å². The molecule has 0 aromatic heterocycles. The first-order chi connectivity index (χ1) is 17.0. The standard InChI is InChI=1S/C25H32N2O7S/c1-2-32-23(30)14-26-25(31)27-20-9-7-19(8-10-20)24-33-21(16-35-12-11-28)13-22(34-24)18-5-3-17(15-29)4-6-18/h3-10,21-22,24,28-29H,2,11-16H2,1H3,(H2,26,27,31)/t21-,22+,24+/m1/s1. The normalized spacial score (nSPS) is 19.7. The first kappa shape index (κ1) is 27.0. The smallest absolute Gasteiger partial charge is 0.325 e. The van der Waals surface area contributed by atoms with Crippen molar-refractivity contribution >= 4 is 29.4 Å². The molecule has 1 aliphatic rings. The minimum atomic E-state index is -0.599. The summed E-state index contributed by atoms with van der Waals surface area (Å²) in [5.74, 6) is 0.864. The molecule has 3 atom stereocenters. The van der Waals surface area contributed by atoms with E-state index in [9.17, 15) is 14.7 Å². The van der Waals surface area contributed by atoms with Gasteiger partial charge >= 0.3 is 12.0 Å². The van der Waals surface area contributed by atoms with Gasteiger partial charge in [-0.3, -0.25) is 4.79 Å². The number of ether oxygens (including phenoxy) is 3. The highest BCUT2D eigenvalue weighted by atomic mass is 32.2. The van der Waals surface area contributed by atoms with Crippen LogP contribution in [0, 0.1) is 0 Å². The van der Waals surface area contributed by atoms with Crippen molar-refractivity contribution in [2.24, 2.45) is 0 Å². The molecular weight excluding hydrogens is 472 g/mol. The zero-order chi connectivity index (χ0) is 25.0. The maximum absolute atomic E-state index is 12.0. The van der Waals surface area contributed by atoms with Gasteiger partial charge < -0.3 is 35.1 Å². The third kappa shape index (κ3) is 8.52. The number of aliphatic hydroxyl groups is 2. The van der Waals surface area contributed by atoms with Gasteiger partial charge in [-0.25, -0.2) is 4.79 Å². The van der Waals surface area contributed by atoms with E-state index in [1.807, 2.05) is 36.4 Å². The van der Waals surface area contributed by atoms with Crippen molar-refractivity contribution in [1.82, 2.24) is 5.32 Å². The number of rotatable bonds is 11. The van der Waals surface area contributed by atoms with E-state index in [1.54, 1.807) is 30.8 Å². The number of hydrogen-bond acceptors (Lipinski definition) is 8. The summed E-state index contributed by atoms with van der Waals surface area (Å²) in [5, 5.41) is 23.6.